The van der Waals surface area contributed by atoms with Crippen LogP contribution in [0.4, 0.5) is 0 Å². The Morgan fingerprint density at radius 2 is 2.57 bits per heavy atom. The summed E-state index contributed by atoms with van der Waals surface area (Å²) in [6.07, 6.45) is 2.59. The molecule has 7 heavy (non-hydrogen) atoms. The smallest absolute Gasteiger partial charge is 0.0252 e. The van der Waals surface area contributed by atoms with Gasteiger partial charge in [-0.15, -0.1) is 0 Å². The van der Waals surface area contributed by atoms with Gasteiger partial charge in [-0.1, -0.05) is 0 Å². The minimum absolute atomic E-state index is 0.910. The first-order chi connectivity index (χ1) is 3.41. The summed E-state index contributed by atoms with van der Waals surface area (Å²) in [5.41, 5.74) is 0. The second-order valence-corrected chi connectivity index (χ2v) is 1.22. The highest BCUT2D eigenvalue weighted by Gasteiger charge is 1.72. The Morgan fingerprint density at radius 3 is 3.00 bits per heavy atom. The van der Waals surface area contributed by atoms with E-state index in [-0.39, 0.29) is 0 Å². The molecule has 0 aromatic carbocycles. The van der Waals surface area contributed by atoms with Gasteiger partial charge < -0.3 is 11.2 Å². The van der Waals surface area contributed by atoms with E-state index in [1.54, 1.807) is 6.21 Å². The molecule has 0 spiro atoms. The summed E-state index contributed by atoms with van der Waals surface area (Å²) >= 11 is 0. The Labute approximate surface area is 43.6 Å². The molecule has 0 amide bonds. The molecule has 0 fully saturated rings. The molecule has 0 radical (unpaired) electrons. The van der Waals surface area contributed by atoms with E-state index in [0.717, 1.165) is 13.0 Å². The first kappa shape index (κ1) is 6.43. The average Bonchev–Trinajstić information content (AvgIpc) is 1.69. The van der Waals surface area contributed by atoms with Crippen molar-refractivity contribution in [2.75, 3.05) is 13.6 Å². The van der Waals surface area contributed by atoms with E-state index in [4.69, 9.17) is 5.84 Å². The summed E-state index contributed by atoms with van der Waals surface area (Å²) in [6, 6.07) is 0. The van der Waals surface area contributed by atoms with E-state index in [2.05, 4.69) is 10.4 Å². The highest BCUT2D eigenvalue weighted by Crippen LogP contribution is 1.63. The van der Waals surface area contributed by atoms with E-state index in [1.165, 1.54) is 0 Å². The van der Waals surface area contributed by atoms with Crippen LogP contribution in [0.3, 0.4) is 0 Å². The van der Waals surface area contributed by atoms with Crippen molar-refractivity contribution in [3.05, 3.63) is 0 Å². The third-order valence-corrected chi connectivity index (χ3v) is 0.629. The fourth-order valence-electron chi connectivity index (χ4n) is 0.283. The maximum absolute atomic E-state index is 4.81. The average molecular weight is 101 g/mol. The van der Waals surface area contributed by atoms with Crippen LogP contribution in [0.5, 0.6) is 0 Å². The van der Waals surface area contributed by atoms with Crippen LogP contribution in [0, 0.1) is 0 Å². The van der Waals surface area contributed by atoms with E-state index in [1.807, 2.05) is 7.05 Å². The van der Waals surface area contributed by atoms with E-state index in [0.29, 0.717) is 0 Å². The molecule has 0 aliphatic rings. The van der Waals surface area contributed by atoms with Gasteiger partial charge in [-0.25, -0.2) is 0 Å². The molecule has 42 valence electrons. The maximum Gasteiger partial charge on any atom is 0.0252 e. The molecule has 0 rings (SSSR count). The number of nitrogens with zero attached hydrogens (tertiary/aromatic N) is 1. The summed E-state index contributed by atoms with van der Waals surface area (Å²) in [4.78, 5) is 0. The normalized spacial score (nSPS) is 10.4. The lowest BCUT2D eigenvalue weighted by Crippen LogP contribution is -2.07. The van der Waals surface area contributed by atoms with Crippen molar-refractivity contribution >= 4 is 6.21 Å². The third-order valence-electron chi connectivity index (χ3n) is 0.629. The Balaban J connectivity index is 2.69. The summed E-state index contributed by atoms with van der Waals surface area (Å²) in [5.74, 6) is 4.81. The van der Waals surface area contributed by atoms with E-state index in [9.17, 15) is 0 Å². The van der Waals surface area contributed by atoms with Gasteiger partial charge in [0.2, 0.25) is 0 Å². The molecule has 3 heteroatoms. The molecule has 0 unspecified atom stereocenters. The number of hydrogen-bond donors (Lipinski definition) is 2. The summed E-state index contributed by atoms with van der Waals surface area (Å²) in [7, 11) is 1.89. The Hall–Kier alpha value is -0.570. The van der Waals surface area contributed by atoms with Gasteiger partial charge >= 0.3 is 0 Å². The Bertz CT molecular complexity index is 50.9. The number of rotatable bonds is 3. The molecule has 0 saturated carbocycles. The topological polar surface area (TPSA) is 50.4 Å². The van der Waals surface area contributed by atoms with Crippen LogP contribution >= 0.6 is 0 Å². The molecule has 0 aliphatic carbocycles. The molecule has 3 nitrogen and oxygen atoms in total. The molecule has 0 bridgehead atoms. The van der Waals surface area contributed by atoms with Crippen molar-refractivity contribution in [1.82, 2.24) is 5.32 Å². The molecule has 0 saturated heterocycles. The molecular weight excluding hydrogens is 90.1 g/mol. The standard InChI is InChI=1S/C4H11N3/c1-6-3-2-4-7-5/h4,6H,2-3,5H2,1H3/b7-4-. The van der Waals surface area contributed by atoms with Crippen LogP contribution in [0.2, 0.25) is 0 Å². The highest BCUT2D eigenvalue weighted by atomic mass is 15.1. The zero-order chi connectivity index (χ0) is 5.54. The van der Waals surface area contributed by atoms with Crippen LogP contribution in [0.25, 0.3) is 0 Å². The summed E-state index contributed by atoms with van der Waals surface area (Å²) in [6.45, 7) is 0.945. The van der Waals surface area contributed by atoms with E-state index < -0.39 is 0 Å². The monoisotopic (exact) mass is 101 g/mol. The fraction of sp³-hybridized carbons (Fsp3) is 0.750. The van der Waals surface area contributed by atoms with Crippen LogP contribution in [-0.2, 0) is 0 Å². The lowest BCUT2D eigenvalue weighted by atomic mass is 10.5. The van der Waals surface area contributed by atoms with Crippen molar-refractivity contribution in [2.45, 2.75) is 6.42 Å². The SMILES string of the molecule is CNCC/C=N\N. The van der Waals surface area contributed by atoms with Gasteiger partial charge in [0.25, 0.3) is 0 Å². The molecule has 0 heterocycles. The van der Waals surface area contributed by atoms with Gasteiger partial charge in [0.1, 0.15) is 0 Å². The summed E-state index contributed by atoms with van der Waals surface area (Å²) in [5, 5.41) is 6.26. The zero-order valence-electron chi connectivity index (χ0n) is 4.52. The molecule has 0 aromatic rings. The van der Waals surface area contributed by atoms with Gasteiger partial charge in [0, 0.05) is 6.21 Å². The van der Waals surface area contributed by atoms with Crippen molar-refractivity contribution in [3.63, 3.8) is 0 Å². The van der Waals surface area contributed by atoms with Crippen LogP contribution in [0.1, 0.15) is 6.42 Å². The van der Waals surface area contributed by atoms with Crippen molar-refractivity contribution in [2.24, 2.45) is 10.9 Å². The second-order valence-electron chi connectivity index (χ2n) is 1.22. The summed E-state index contributed by atoms with van der Waals surface area (Å²) < 4.78 is 0. The number of hydrazone groups is 1. The van der Waals surface area contributed by atoms with Crippen LogP contribution < -0.4 is 11.2 Å². The van der Waals surface area contributed by atoms with Crippen LogP contribution in [-0.4, -0.2) is 19.8 Å². The first-order valence-electron chi connectivity index (χ1n) is 2.28. The maximum atomic E-state index is 4.81. The van der Waals surface area contributed by atoms with Crippen LogP contribution in [0.15, 0.2) is 5.10 Å². The van der Waals surface area contributed by atoms with Crippen molar-refractivity contribution in [1.29, 1.82) is 0 Å². The highest BCUT2D eigenvalue weighted by molar-refractivity contribution is 5.56. The van der Waals surface area contributed by atoms with Crippen molar-refractivity contribution < 1.29 is 0 Å². The second kappa shape index (κ2) is 5.43. The molecule has 3 N–H and O–H groups in total. The first-order valence-corrected chi connectivity index (χ1v) is 2.28. The lowest BCUT2D eigenvalue weighted by molar-refractivity contribution is 0.828. The largest absolute Gasteiger partial charge is 0.324 e. The van der Waals surface area contributed by atoms with Gasteiger partial charge in [-0.05, 0) is 20.0 Å². The predicted octanol–water partition coefficient (Wildman–Crippen LogP) is -0.460. The quantitative estimate of drug-likeness (QED) is 0.219. The number of nitrogens with two attached hydrogens (primary N) is 1. The van der Waals surface area contributed by atoms with Gasteiger partial charge in [0.15, 0.2) is 0 Å². The van der Waals surface area contributed by atoms with Crippen molar-refractivity contribution in [3.8, 4) is 0 Å². The Morgan fingerprint density at radius 1 is 1.86 bits per heavy atom. The van der Waals surface area contributed by atoms with Gasteiger partial charge in [-0.3, -0.25) is 0 Å². The lowest BCUT2D eigenvalue weighted by Gasteiger charge is -1.86. The predicted molar refractivity (Wildman–Crippen MR) is 31.2 cm³/mol. The number of hydrogen-bond acceptors (Lipinski definition) is 3. The third kappa shape index (κ3) is 5.43. The molecule has 0 aliphatic heterocycles. The van der Waals surface area contributed by atoms with E-state index >= 15 is 0 Å². The molecular formula is C4H11N3. The minimum Gasteiger partial charge on any atom is -0.324 e. The minimum atomic E-state index is 0.910. The fourth-order valence-corrected chi connectivity index (χ4v) is 0.283. The zero-order valence-corrected chi connectivity index (χ0v) is 4.52. The molecule has 0 atom stereocenters. The number of nitrogens with one attached hydrogen (secondary N) is 1. The molecule has 0 aromatic heterocycles. The van der Waals surface area contributed by atoms with Gasteiger partial charge in [0.05, 0.1) is 0 Å². The van der Waals surface area contributed by atoms with Gasteiger partial charge in [-0.2, -0.15) is 5.10 Å². The Kier molecular flexibility index (Phi) is 4.99.